The van der Waals surface area contributed by atoms with Crippen molar-refractivity contribution in [2.45, 2.75) is 30.2 Å². The molecule has 100 valence electrons. The largest absolute Gasteiger partial charge is 0.497 e. The number of aryl methyl sites for hydroxylation is 2. The summed E-state index contributed by atoms with van der Waals surface area (Å²) >= 11 is 1.73. The van der Waals surface area contributed by atoms with E-state index in [-0.39, 0.29) is 0 Å². The summed E-state index contributed by atoms with van der Waals surface area (Å²) < 4.78 is 5.28. The van der Waals surface area contributed by atoms with Crippen LogP contribution in [-0.2, 0) is 6.54 Å². The van der Waals surface area contributed by atoms with E-state index in [1.165, 1.54) is 16.0 Å². The van der Waals surface area contributed by atoms with Crippen LogP contribution in [0.5, 0.6) is 5.75 Å². The average molecular weight is 273 g/mol. The normalized spacial score (nSPS) is 10.5. The highest BCUT2D eigenvalue weighted by Gasteiger charge is 2.06. The molecule has 0 aromatic heterocycles. The van der Waals surface area contributed by atoms with Crippen LogP contribution >= 0.6 is 11.8 Å². The maximum atomic E-state index is 5.80. The lowest BCUT2D eigenvalue weighted by Gasteiger charge is -2.10. The molecular formula is C16H19NOS. The monoisotopic (exact) mass is 273 g/mol. The minimum absolute atomic E-state index is 0.539. The highest BCUT2D eigenvalue weighted by molar-refractivity contribution is 7.99. The lowest BCUT2D eigenvalue weighted by atomic mass is 10.1. The summed E-state index contributed by atoms with van der Waals surface area (Å²) in [4.78, 5) is 2.39. The van der Waals surface area contributed by atoms with Crippen molar-refractivity contribution in [1.82, 2.24) is 0 Å². The topological polar surface area (TPSA) is 35.2 Å². The number of benzene rings is 2. The van der Waals surface area contributed by atoms with Gasteiger partial charge in [0.2, 0.25) is 0 Å². The first-order chi connectivity index (χ1) is 9.13. The molecule has 0 heterocycles. The average Bonchev–Trinajstić information content (AvgIpc) is 2.43. The van der Waals surface area contributed by atoms with Crippen LogP contribution in [0.4, 0.5) is 0 Å². The van der Waals surface area contributed by atoms with E-state index in [2.05, 4.69) is 32.0 Å². The van der Waals surface area contributed by atoms with Crippen LogP contribution in [0.1, 0.15) is 16.7 Å². The fourth-order valence-corrected chi connectivity index (χ4v) is 2.91. The van der Waals surface area contributed by atoms with Gasteiger partial charge in [-0.05, 0) is 54.8 Å². The van der Waals surface area contributed by atoms with E-state index in [4.69, 9.17) is 10.5 Å². The minimum Gasteiger partial charge on any atom is -0.497 e. The standard InChI is InChI=1S/C16H19NOS/c1-11-4-7-15(8-12(11)2)19-16-9-14(18-3)6-5-13(16)10-17/h4-9H,10,17H2,1-3H3. The Bertz CT molecular complexity index is 581. The van der Waals surface area contributed by atoms with Crippen molar-refractivity contribution in [3.8, 4) is 5.75 Å². The maximum absolute atomic E-state index is 5.80. The van der Waals surface area contributed by atoms with Crippen molar-refractivity contribution >= 4 is 11.8 Å². The van der Waals surface area contributed by atoms with Crippen molar-refractivity contribution in [2.24, 2.45) is 5.73 Å². The molecule has 2 aromatic carbocycles. The Morgan fingerprint density at radius 2 is 1.84 bits per heavy atom. The first-order valence-electron chi connectivity index (χ1n) is 6.26. The second kappa shape index (κ2) is 6.13. The minimum atomic E-state index is 0.539. The molecule has 2 nitrogen and oxygen atoms in total. The van der Waals surface area contributed by atoms with Gasteiger partial charge in [0.05, 0.1) is 7.11 Å². The third kappa shape index (κ3) is 3.31. The fraction of sp³-hybridized carbons (Fsp3) is 0.250. The number of hydrogen-bond acceptors (Lipinski definition) is 3. The molecule has 0 saturated heterocycles. The van der Waals surface area contributed by atoms with Gasteiger partial charge in [-0.1, -0.05) is 23.9 Å². The zero-order chi connectivity index (χ0) is 13.8. The molecule has 2 N–H and O–H groups in total. The molecule has 0 bridgehead atoms. The van der Waals surface area contributed by atoms with E-state index in [1.54, 1.807) is 18.9 Å². The second-order valence-electron chi connectivity index (χ2n) is 4.53. The number of methoxy groups -OCH3 is 1. The SMILES string of the molecule is COc1ccc(CN)c(Sc2ccc(C)c(C)c2)c1. The zero-order valence-electron chi connectivity index (χ0n) is 11.6. The van der Waals surface area contributed by atoms with E-state index in [1.807, 2.05) is 18.2 Å². The molecular weight excluding hydrogens is 254 g/mol. The van der Waals surface area contributed by atoms with Crippen LogP contribution in [-0.4, -0.2) is 7.11 Å². The first kappa shape index (κ1) is 14.0. The summed E-state index contributed by atoms with van der Waals surface area (Å²) in [6.45, 7) is 4.80. The molecule has 19 heavy (non-hydrogen) atoms. The van der Waals surface area contributed by atoms with Gasteiger partial charge in [-0.25, -0.2) is 0 Å². The van der Waals surface area contributed by atoms with Crippen molar-refractivity contribution in [2.75, 3.05) is 7.11 Å². The van der Waals surface area contributed by atoms with Gasteiger partial charge in [0.25, 0.3) is 0 Å². The van der Waals surface area contributed by atoms with Gasteiger partial charge in [-0.15, -0.1) is 0 Å². The maximum Gasteiger partial charge on any atom is 0.120 e. The van der Waals surface area contributed by atoms with Gasteiger partial charge in [-0.2, -0.15) is 0 Å². The lowest BCUT2D eigenvalue weighted by Crippen LogP contribution is -1.98. The Kier molecular flexibility index (Phi) is 4.51. The molecule has 3 heteroatoms. The molecule has 0 aliphatic rings. The highest BCUT2D eigenvalue weighted by Crippen LogP contribution is 2.33. The molecule has 0 aliphatic carbocycles. The molecule has 0 spiro atoms. The van der Waals surface area contributed by atoms with Crippen molar-refractivity contribution in [3.63, 3.8) is 0 Å². The molecule has 0 saturated carbocycles. The van der Waals surface area contributed by atoms with Gasteiger partial charge < -0.3 is 10.5 Å². The van der Waals surface area contributed by atoms with Gasteiger partial charge in [0, 0.05) is 16.3 Å². The van der Waals surface area contributed by atoms with E-state index < -0.39 is 0 Å². The predicted octanol–water partition coefficient (Wildman–Crippen LogP) is 3.92. The Morgan fingerprint density at radius 1 is 1.05 bits per heavy atom. The van der Waals surface area contributed by atoms with Crippen molar-refractivity contribution in [3.05, 3.63) is 53.1 Å². The molecule has 0 radical (unpaired) electrons. The fourth-order valence-electron chi connectivity index (χ4n) is 1.83. The Morgan fingerprint density at radius 3 is 2.47 bits per heavy atom. The number of hydrogen-bond donors (Lipinski definition) is 1. The van der Waals surface area contributed by atoms with E-state index in [0.29, 0.717) is 6.54 Å². The number of nitrogens with two attached hydrogens (primary N) is 1. The van der Waals surface area contributed by atoms with Crippen LogP contribution in [0.2, 0.25) is 0 Å². The van der Waals surface area contributed by atoms with Gasteiger partial charge >= 0.3 is 0 Å². The third-order valence-corrected chi connectivity index (χ3v) is 4.29. The Balaban J connectivity index is 2.33. The Labute approximate surface area is 119 Å². The van der Waals surface area contributed by atoms with Crippen LogP contribution in [0.15, 0.2) is 46.2 Å². The molecule has 0 amide bonds. The van der Waals surface area contributed by atoms with E-state index in [0.717, 1.165) is 16.2 Å². The summed E-state index contributed by atoms with van der Waals surface area (Å²) in [6.07, 6.45) is 0. The summed E-state index contributed by atoms with van der Waals surface area (Å²) in [5.41, 5.74) is 9.56. The van der Waals surface area contributed by atoms with Gasteiger partial charge in [-0.3, -0.25) is 0 Å². The lowest BCUT2D eigenvalue weighted by molar-refractivity contribution is 0.413. The molecule has 0 atom stereocenters. The van der Waals surface area contributed by atoms with Gasteiger partial charge in [0.15, 0.2) is 0 Å². The molecule has 0 unspecified atom stereocenters. The summed E-state index contributed by atoms with van der Waals surface area (Å²) in [5.74, 6) is 0.864. The van der Waals surface area contributed by atoms with E-state index >= 15 is 0 Å². The summed E-state index contributed by atoms with van der Waals surface area (Å²) in [5, 5.41) is 0. The summed E-state index contributed by atoms with van der Waals surface area (Å²) in [6, 6.07) is 12.5. The number of rotatable bonds is 4. The summed E-state index contributed by atoms with van der Waals surface area (Å²) in [7, 11) is 1.68. The molecule has 2 rings (SSSR count). The van der Waals surface area contributed by atoms with Crippen LogP contribution in [0.25, 0.3) is 0 Å². The van der Waals surface area contributed by atoms with Gasteiger partial charge in [0.1, 0.15) is 5.75 Å². The predicted molar refractivity (Wildman–Crippen MR) is 80.9 cm³/mol. The van der Waals surface area contributed by atoms with Crippen molar-refractivity contribution in [1.29, 1.82) is 0 Å². The molecule has 0 aliphatic heterocycles. The molecule has 0 fully saturated rings. The quantitative estimate of drug-likeness (QED) is 0.917. The van der Waals surface area contributed by atoms with Crippen LogP contribution in [0, 0.1) is 13.8 Å². The van der Waals surface area contributed by atoms with Crippen molar-refractivity contribution < 1.29 is 4.74 Å². The Hall–Kier alpha value is -1.45. The van der Waals surface area contributed by atoms with E-state index in [9.17, 15) is 0 Å². The van der Waals surface area contributed by atoms with Crippen LogP contribution in [0.3, 0.4) is 0 Å². The first-order valence-corrected chi connectivity index (χ1v) is 7.07. The number of ether oxygens (including phenoxy) is 1. The smallest absolute Gasteiger partial charge is 0.120 e. The van der Waals surface area contributed by atoms with Crippen LogP contribution < -0.4 is 10.5 Å². The highest BCUT2D eigenvalue weighted by atomic mass is 32.2. The molecule has 2 aromatic rings. The second-order valence-corrected chi connectivity index (χ2v) is 5.64. The third-order valence-electron chi connectivity index (χ3n) is 3.20. The zero-order valence-corrected chi connectivity index (χ0v) is 12.4.